The van der Waals surface area contributed by atoms with Gasteiger partial charge in [0.05, 0.1) is 25.3 Å². The maximum atomic E-state index is 12.7. The van der Waals surface area contributed by atoms with Gasteiger partial charge in [0, 0.05) is 17.1 Å². The van der Waals surface area contributed by atoms with E-state index in [0.717, 1.165) is 22.6 Å². The first-order chi connectivity index (χ1) is 14.3. The predicted molar refractivity (Wildman–Crippen MR) is 114 cm³/mol. The Bertz CT molecular complexity index is 1080. The second-order valence-corrected chi connectivity index (χ2v) is 7.02. The number of aryl methyl sites for hydroxylation is 2. The molecule has 0 atom stereocenters. The van der Waals surface area contributed by atoms with Gasteiger partial charge in [-0.1, -0.05) is 17.7 Å². The summed E-state index contributed by atoms with van der Waals surface area (Å²) in [4.78, 5) is 25.3. The lowest BCUT2D eigenvalue weighted by atomic mass is 10.1. The van der Waals surface area contributed by atoms with Crippen molar-refractivity contribution < 1.29 is 23.8 Å². The fourth-order valence-corrected chi connectivity index (χ4v) is 3.38. The van der Waals surface area contributed by atoms with Crippen LogP contribution in [0.1, 0.15) is 37.7 Å². The fourth-order valence-electron chi connectivity index (χ4n) is 3.38. The van der Waals surface area contributed by atoms with Gasteiger partial charge in [0.2, 0.25) is 5.78 Å². The maximum Gasteiger partial charge on any atom is 0.340 e. The number of carbonyl (C=O) groups is 2. The van der Waals surface area contributed by atoms with Crippen molar-refractivity contribution in [2.24, 2.45) is 0 Å². The number of methoxy groups -OCH3 is 2. The Morgan fingerprint density at radius 2 is 1.57 bits per heavy atom. The molecule has 0 bridgehead atoms. The lowest BCUT2D eigenvalue weighted by molar-refractivity contribution is 0.0473. The Hall–Kier alpha value is -3.54. The third-order valence-corrected chi connectivity index (χ3v) is 4.98. The van der Waals surface area contributed by atoms with Gasteiger partial charge in [0.25, 0.3) is 0 Å². The highest BCUT2D eigenvalue weighted by Crippen LogP contribution is 2.25. The second kappa shape index (κ2) is 8.86. The van der Waals surface area contributed by atoms with E-state index in [0.29, 0.717) is 22.6 Å². The van der Waals surface area contributed by atoms with Crippen LogP contribution in [-0.2, 0) is 4.74 Å². The number of ketones is 1. The number of rotatable bonds is 7. The molecule has 0 aliphatic carbocycles. The van der Waals surface area contributed by atoms with Crippen molar-refractivity contribution in [3.63, 3.8) is 0 Å². The molecule has 0 saturated heterocycles. The molecule has 0 aliphatic rings. The van der Waals surface area contributed by atoms with Gasteiger partial charge in [0.1, 0.15) is 11.5 Å². The number of nitrogens with zero attached hydrogens (tertiary/aromatic N) is 1. The first-order valence-electron chi connectivity index (χ1n) is 9.54. The molecule has 30 heavy (non-hydrogen) atoms. The van der Waals surface area contributed by atoms with E-state index < -0.39 is 12.6 Å². The minimum atomic E-state index is -0.545. The molecular formula is C24H25NO5. The summed E-state index contributed by atoms with van der Waals surface area (Å²) in [7, 11) is 2.99. The Kier molecular flexibility index (Phi) is 6.26. The average molecular weight is 407 g/mol. The molecule has 0 unspecified atom stereocenters. The third kappa shape index (κ3) is 4.22. The summed E-state index contributed by atoms with van der Waals surface area (Å²) >= 11 is 0. The van der Waals surface area contributed by atoms with Crippen LogP contribution < -0.4 is 9.47 Å². The van der Waals surface area contributed by atoms with E-state index in [1.807, 2.05) is 49.6 Å². The number of ether oxygens (including phenoxy) is 3. The number of benzene rings is 2. The van der Waals surface area contributed by atoms with Crippen LogP contribution in [0.2, 0.25) is 0 Å². The van der Waals surface area contributed by atoms with Crippen LogP contribution in [0.25, 0.3) is 5.69 Å². The van der Waals surface area contributed by atoms with Crippen LogP contribution in [0.4, 0.5) is 0 Å². The van der Waals surface area contributed by atoms with Crippen LogP contribution >= 0.6 is 0 Å². The van der Waals surface area contributed by atoms with E-state index in [-0.39, 0.29) is 5.78 Å². The molecule has 0 spiro atoms. The fraction of sp³-hybridized carbons (Fsp3) is 0.250. The molecule has 1 heterocycles. The number of aromatic nitrogens is 1. The third-order valence-electron chi connectivity index (χ3n) is 4.98. The largest absolute Gasteiger partial charge is 0.497 e. The van der Waals surface area contributed by atoms with Crippen LogP contribution in [0, 0.1) is 20.8 Å². The SMILES string of the molecule is COc1ccc(OC)c(C(=O)COC(=O)c2cc(C)n(-c3ccc(C)cc3)c2C)c1. The van der Waals surface area contributed by atoms with Crippen molar-refractivity contribution in [2.75, 3.05) is 20.8 Å². The van der Waals surface area contributed by atoms with Gasteiger partial charge in [-0.15, -0.1) is 0 Å². The smallest absolute Gasteiger partial charge is 0.340 e. The zero-order valence-corrected chi connectivity index (χ0v) is 17.8. The molecule has 0 fully saturated rings. The first kappa shape index (κ1) is 21.2. The lowest BCUT2D eigenvalue weighted by Crippen LogP contribution is -2.15. The summed E-state index contributed by atoms with van der Waals surface area (Å²) in [6.45, 7) is 5.42. The summed E-state index contributed by atoms with van der Waals surface area (Å²) in [6.07, 6.45) is 0. The lowest BCUT2D eigenvalue weighted by Gasteiger charge is -2.11. The minimum Gasteiger partial charge on any atom is -0.497 e. The molecule has 2 aromatic carbocycles. The van der Waals surface area contributed by atoms with Crippen LogP contribution in [0.5, 0.6) is 11.5 Å². The predicted octanol–water partition coefficient (Wildman–Crippen LogP) is 4.46. The molecule has 0 N–H and O–H groups in total. The molecule has 0 radical (unpaired) electrons. The number of Topliss-reactive ketones (excluding diaryl/α,β-unsaturated/α-hetero) is 1. The summed E-state index contributed by atoms with van der Waals surface area (Å²) in [5, 5.41) is 0. The topological polar surface area (TPSA) is 66.8 Å². The van der Waals surface area contributed by atoms with Crippen LogP contribution in [0.15, 0.2) is 48.5 Å². The Morgan fingerprint density at radius 1 is 0.867 bits per heavy atom. The van der Waals surface area contributed by atoms with Crippen molar-refractivity contribution in [1.82, 2.24) is 4.57 Å². The van der Waals surface area contributed by atoms with E-state index in [4.69, 9.17) is 14.2 Å². The van der Waals surface area contributed by atoms with Gasteiger partial charge in [-0.3, -0.25) is 4.79 Å². The number of hydrogen-bond donors (Lipinski definition) is 0. The Morgan fingerprint density at radius 3 is 2.20 bits per heavy atom. The van der Waals surface area contributed by atoms with Gasteiger partial charge >= 0.3 is 5.97 Å². The van der Waals surface area contributed by atoms with E-state index in [9.17, 15) is 9.59 Å². The summed E-state index contributed by atoms with van der Waals surface area (Å²) in [5.41, 5.74) is 4.52. The molecule has 6 heteroatoms. The van der Waals surface area contributed by atoms with Crippen LogP contribution in [0.3, 0.4) is 0 Å². The molecule has 0 aliphatic heterocycles. The number of esters is 1. The quantitative estimate of drug-likeness (QED) is 0.427. The molecule has 0 amide bonds. The number of hydrogen-bond acceptors (Lipinski definition) is 5. The van der Waals surface area contributed by atoms with Crippen molar-refractivity contribution >= 4 is 11.8 Å². The summed E-state index contributed by atoms with van der Waals surface area (Å²) < 4.78 is 17.7. The van der Waals surface area contributed by atoms with E-state index in [2.05, 4.69) is 0 Å². The Labute approximate surface area is 176 Å². The molecular weight excluding hydrogens is 382 g/mol. The van der Waals surface area contributed by atoms with Gasteiger partial charge in [0.15, 0.2) is 6.61 Å². The normalized spacial score (nSPS) is 10.6. The van der Waals surface area contributed by atoms with E-state index >= 15 is 0 Å². The molecule has 6 nitrogen and oxygen atoms in total. The van der Waals surface area contributed by atoms with Gasteiger partial charge < -0.3 is 18.8 Å². The summed E-state index contributed by atoms with van der Waals surface area (Å²) in [6, 6.07) is 14.7. The molecule has 0 saturated carbocycles. The number of carbonyl (C=O) groups excluding carboxylic acids is 2. The van der Waals surface area contributed by atoms with Crippen molar-refractivity contribution in [3.05, 3.63) is 76.6 Å². The van der Waals surface area contributed by atoms with E-state index in [1.54, 1.807) is 24.3 Å². The minimum absolute atomic E-state index is 0.301. The maximum absolute atomic E-state index is 12.7. The van der Waals surface area contributed by atoms with Gasteiger partial charge in [-0.25, -0.2) is 4.79 Å². The molecule has 3 rings (SSSR count). The summed E-state index contributed by atoms with van der Waals surface area (Å²) in [5.74, 6) is 0.00429. The highest BCUT2D eigenvalue weighted by atomic mass is 16.5. The van der Waals surface area contributed by atoms with Crippen LogP contribution in [-0.4, -0.2) is 37.1 Å². The molecule has 1 aromatic heterocycles. The van der Waals surface area contributed by atoms with Crippen molar-refractivity contribution in [1.29, 1.82) is 0 Å². The monoisotopic (exact) mass is 407 g/mol. The zero-order valence-electron chi connectivity index (χ0n) is 17.8. The van der Waals surface area contributed by atoms with E-state index in [1.165, 1.54) is 14.2 Å². The average Bonchev–Trinajstić information content (AvgIpc) is 3.06. The molecule has 156 valence electrons. The first-order valence-corrected chi connectivity index (χ1v) is 9.54. The standard InChI is InChI=1S/C24H25NO5/c1-15-6-8-18(9-7-15)25-16(2)12-20(17(25)3)24(27)30-14-22(26)21-13-19(28-4)10-11-23(21)29-5/h6-13H,14H2,1-5H3. The van der Waals surface area contributed by atoms with Crippen molar-refractivity contribution in [2.45, 2.75) is 20.8 Å². The zero-order chi connectivity index (χ0) is 21.8. The Balaban J connectivity index is 1.78. The second-order valence-electron chi connectivity index (χ2n) is 7.02. The molecule has 3 aromatic rings. The van der Waals surface area contributed by atoms with Gasteiger partial charge in [-0.05, 0) is 57.2 Å². The highest BCUT2D eigenvalue weighted by Gasteiger charge is 2.20. The highest BCUT2D eigenvalue weighted by molar-refractivity contribution is 6.02. The van der Waals surface area contributed by atoms with Crippen molar-refractivity contribution in [3.8, 4) is 17.2 Å². The van der Waals surface area contributed by atoms with Gasteiger partial charge in [-0.2, -0.15) is 0 Å².